The van der Waals surface area contributed by atoms with E-state index in [2.05, 4.69) is 17.3 Å². The number of hydrogen-bond donors (Lipinski definition) is 1. The van der Waals surface area contributed by atoms with E-state index in [4.69, 9.17) is 21.1 Å². The van der Waals surface area contributed by atoms with Gasteiger partial charge >= 0.3 is 0 Å². The molecule has 0 saturated carbocycles. The molecule has 1 rings (SSSR count). The molecule has 20 heavy (non-hydrogen) atoms. The van der Waals surface area contributed by atoms with Crippen LogP contribution in [0.4, 0.5) is 5.69 Å². The first-order valence-electron chi connectivity index (χ1n) is 6.65. The van der Waals surface area contributed by atoms with Crippen LogP contribution in [0.3, 0.4) is 0 Å². The van der Waals surface area contributed by atoms with E-state index in [9.17, 15) is 4.79 Å². The van der Waals surface area contributed by atoms with Crippen LogP contribution < -0.4 is 10.9 Å². The molecule has 0 amide bonds. The Morgan fingerprint density at radius 3 is 2.85 bits per heavy atom. The quantitative estimate of drug-likeness (QED) is 0.753. The first kappa shape index (κ1) is 16.9. The highest BCUT2D eigenvalue weighted by atomic mass is 35.5. The molecule has 1 atom stereocenters. The summed E-state index contributed by atoms with van der Waals surface area (Å²) in [7, 11) is 3.21. The Bertz CT molecular complexity index is 465. The van der Waals surface area contributed by atoms with Gasteiger partial charge in [0.1, 0.15) is 5.02 Å². The second-order valence-corrected chi connectivity index (χ2v) is 4.83. The van der Waals surface area contributed by atoms with Crippen molar-refractivity contribution in [2.75, 3.05) is 32.7 Å². The molecule has 0 bridgehead atoms. The molecule has 6 nitrogen and oxygen atoms in total. The van der Waals surface area contributed by atoms with Crippen LogP contribution in [0.1, 0.15) is 19.8 Å². The summed E-state index contributed by atoms with van der Waals surface area (Å²) < 4.78 is 11.6. The summed E-state index contributed by atoms with van der Waals surface area (Å²) in [5.74, 6) is 0. The van der Waals surface area contributed by atoms with Crippen LogP contribution in [0, 0.1) is 0 Å². The smallest absolute Gasteiger partial charge is 0.287 e. The monoisotopic (exact) mass is 303 g/mol. The average molecular weight is 304 g/mol. The van der Waals surface area contributed by atoms with E-state index < -0.39 is 0 Å². The predicted octanol–water partition coefficient (Wildman–Crippen LogP) is 1.77. The second-order valence-electron chi connectivity index (χ2n) is 4.45. The molecule has 114 valence electrons. The third-order valence-electron chi connectivity index (χ3n) is 2.91. The summed E-state index contributed by atoms with van der Waals surface area (Å²) in [6.07, 6.45) is 3.35. The molecule has 7 heteroatoms. The van der Waals surface area contributed by atoms with Crippen LogP contribution in [0.15, 0.2) is 11.0 Å². The van der Waals surface area contributed by atoms with Crippen LogP contribution in [-0.4, -0.2) is 43.3 Å². The van der Waals surface area contributed by atoms with Crippen molar-refractivity contribution in [2.24, 2.45) is 0 Å². The molecule has 0 fully saturated rings. The summed E-state index contributed by atoms with van der Waals surface area (Å²) in [5.41, 5.74) is 0.244. The largest absolute Gasteiger partial charge is 0.382 e. The number of nitrogens with zero attached hydrogens (tertiary/aromatic N) is 2. The third-order valence-corrected chi connectivity index (χ3v) is 3.28. The minimum Gasteiger partial charge on any atom is -0.382 e. The lowest BCUT2D eigenvalue weighted by molar-refractivity contribution is 0.0365. The van der Waals surface area contributed by atoms with Gasteiger partial charge in [0, 0.05) is 27.3 Å². The average Bonchev–Trinajstić information content (AvgIpc) is 2.46. The Hall–Kier alpha value is -1.11. The number of hydrogen-bond acceptors (Lipinski definition) is 5. The number of halogens is 1. The van der Waals surface area contributed by atoms with E-state index >= 15 is 0 Å². The maximum absolute atomic E-state index is 12.0. The normalized spacial score (nSPS) is 12.4. The highest BCUT2D eigenvalue weighted by Crippen LogP contribution is 2.15. The van der Waals surface area contributed by atoms with Gasteiger partial charge in [0.25, 0.3) is 5.56 Å². The number of methoxy groups -OCH3 is 2. The first-order chi connectivity index (χ1) is 9.63. The molecule has 0 aliphatic heterocycles. The number of ether oxygens (including phenoxy) is 2. The van der Waals surface area contributed by atoms with Crippen LogP contribution in [0.5, 0.6) is 0 Å². The lowest BCUT2D eigenvalue weighted by atomic mass is 10.3. The zero-order valence-corrected chi connectivity index (χ0v) is 12.9. The molecule has 0 aromatic carbocycles. The van der Waals surface area contributed by atoms with Crippen LogP contribution in [0.2, 0.25) is 5.02 Å². The van der Waals surface area contributed by atoms with Crippen molar-refractivity contribution in [3.05, 3.63) is 21.6 Å². The van der Waals surface area contributed by atoms with Crippen molar-refractivity contribution in [3.63, 3.8) is 0 Å². The fourth-order valence-corrected chi connectivity index (χ4v) is 1.89. The molecule has 1 aromatic heterocycles. The van der Waals surface area contributed by atoms with Gasteiger partial charge in [-0.15, -0.1) is 0 Å². The Morgan fingerprint density at radius 2 is 2.25 bits per heavy atom. The molecule has 0 aliphatic rings. The maximum atomic E-state index is 12.0. The van der Waals surface area contributed by atoms with Gasteiger partial charge in [0.2, 0.25) is 0 Å². The fraction of sp³-hybridized carbons (Fsp3) is 0.692. The molecule has 1 N–H and O–H groups in total. The van der Waals surface area contributed by atoms with E-state index in [0.717, 1.165) is 12.8 Å². The van der Waals surface area contributed by atoms with Gasteiger partial charge in [0.05, 0.1) is 24.6 Å². The number of anilines is 1. The molecule has 0 saturated heterocycles. The van der Waals surface area contributed by atoms with Gasteiger partial charge in [0.15, 0.2) is 0 Å². The highest BCUT2D eigenvalue weighted by molar-refractivity contribution is 6.32. The van der Waals surface area contributed by atoms with Crippen LogP contribution >= 0.6 is 11.6 Å². The van der Waals surface area contributed by atoms with Gasteiger partial charge in [-0.25, -0.2) is 4.68 Å². The van der Waals surface area contributed by atoms with E-state index in [1.165, 1.54) is 4.68 Å². The Morgan fingerprint density at radius 1 is 1.50 bits per heavy atom. The summed E-state index contributed by atoms with van der Waals surface area (Å²) in [4.78, 5) is 12.0. The molecule has 1 aromatic rings. The highest BCUT2D eigenvalue weighted by Gasteiger charge is 2.11. The second kappa shape index (κ2) is 8.94. The Balaban J connectivity index is 2.72. The van der Waals surface area contributed by atoms with Crippen molar-refractivity contribution in [1.82, 2.24) is 9.78 Å². The Labute approximate surface area is 124 Å². The predicted molar refractivity (Wildman–Crippen MR) is 79.6 cm³/mol. The molecule has 0 spiro atoms. The third kappa shape index (κ3) is 4.77. The zero-order valence-electron chi connectivity index (χ0n) is 12.2. The Kier molecular flexibility index (Phi) is 7.58. The minimum absolute atomic E-state index is 0.112. The van der Waals surface area contributed by atoms with Crippen molar-refractivity contribution in [3.8, 4) is 0 Å². The van der Waals surface area contributed by atoms with Crippen LogP contribution in [-0.2, 0) is 16.0 Å². The van der Waals surface area contributed by atoms with Crippen molar-refractivity contribution < 1.29 is 9.47 Å². The summed E-state index contributed by atoms with van der Waals surface area (Å²) >= 11 is 6.07. The lowest BCUT2D eigenvalue weighted by Gasteiger charge is -2.16. The zero-order chi connectivity index (χ0) is 15.0. The summed E-state index contributed by atoms with van der Waals surface area (Å²) in [5, 5.41) is 7.33. The number of unbranched alkanes of at least 4 members (excludes halogenated alkanes) is 1. The van der Waals surface area contributed by atoms with E-state index in [1.807, 2.05) is 0 Å². The summed E-state index contributed by atoms with van der Waals surface area (Å²) in [6, 6.07) is 0. The van der Waals surface area contributed by atoms with E-state index in [0.29, 0.717) is 25.4 Å². The first-order valence-corrected chi connectivity index (χ1v) is 7.03. The molecule has 0 aliphatic carbocycles. The standard InChI is InChI=1S/C13H22ClN3O3/c1-4-5-6-17-13(18)12(14)11(8-16-17)15-7-10(20-3)9-19-2/h8,10,15H,4-7,9H2,1-3H3. The van der Waals surface area contributed by atoms with E-state index in [-0.39, 0.29) is 16.7 Å². The minimum atomic E-state index is -0.272. The maximum Gasteiger partial charge on any atom is 0.287 e. The molecule has 0 radical (unpaired) electrons. The number of nitrogens with one attached hydrogen (secondary N) is 1. The van der Waals surface area contributed by atoms with Gasteiger partial charge < -0.3 is 14.8 Å². The molecular weight excluding hydrogens is 282 g/mol. The van der Waals surface area contributed by atoms with Gasteiger partial charge in [-0.3, -0.25) is 4.79 Å². The lowest BCUT2D eigenvalue weighted by Crippen LogP contribution is -2.29. The number of aromatic nitrogens is 2. The topological polar surface area (TPSA) is 65.4 Å². The SMILES string of the molecule is CCCCn1ncc(NCC(COC)OC)c(Cl)c1=O. The van der Waals surface area contributed by atoms with Crippen molar-refractivity contribution in [2.45, 2.75) is 32.4 Å². The molecular formula is C13H22ClN3O3. The van der Waals surface area contributed by atoms with Crippen molar-refractivity contribution >= 4 is 17.3 Å². The van der Waals surface area contributed by atoms with Crippen LogP contribution in [0.25, 0.3) is 0 Å². The van der Waals surface area contributed by atoms with Gasteiger partial charge in [-0.1, -0.05) is 24.9 Å². The van der Waals surface area contributed by atoms with Gasteiger partial charge in [-0.05, 0) is 6.42 Å². The number of aryl methyl sites for hydroxylation is 1. The summed E-state index contributed by atoms with van der Waals surface area (Å²) in [6.45, 7) is 3.59. The van der Waals surface area contributed by atoms with Gasteiger partial charge in [-0.2, -0.15) is 5.10 Å². The van der Waals surface area contributed by atoms with E-state index in [1.54, 1.807) is 20.4 Å². The van der Waals surface area contributed by atoms with Crippen molar-refractivity contribution in [1.29, 1.82) is 0 Å². The fourth-order valence-electron chi connectivity index (χ4n) is 1.68. The molecule has 1 unspecified atom stereocenters. The molecule has 1 heterocycles. The number of rotatable bonds is 9.